The van der Waals surface area contributed by atoms with E-state index in [1.165, 1.54) is 0 Å². The minimum absolute atomic E-state index is 0.324. The molecular weight excluding hydrogens is 131 g/mol. The van der Waals surface area contributed by atoms with E-state index in [-0.39, 0.29) is 5.92 Å². The molecule has 0 radical (unpaired) electrons. The van der Waals surface area contributed by atoms with E-state index in [1.54, 1.807) is 0 Å². The fraction of sp³-hybridized carbons (Fsp3) is 0.875. The summed E-state index contributed by atoms with van der Waals surface area (Å²) in [4.78, 5) is 10.3. The molecule has 0 N–H and O–H groups in total. The summed E-state index contributed by atoms with van der Waals surface area (Å²) < 4.78 is 12.1. The molecule has 0 aromatic rings. The van der Waals surface area contributed by atoms with Gasteiger partial charge >= 0.3 is 6.04 Å². The van der Waals surface area contributed by atoms with Crippen molar-refractivity contribution in [3.05, 3.63) is 0 Å². The highest BCUT2D eigenvalue weighted by atomic mass is 19.1. The van der Waals surface area contributed by atoms with Crippen molar-refractivity contribution in [3.63, 3.8) is 0 Å². The van der Waals surface area contributed by atoms with Gasteiger partial charge in [-0.1, -0.05) is 26.7 Å². The van der Waals surface area contributed by atoms with E-state index in [0.717, 1.165) is 12.8 Å². The number of carbonyl (C=O) groups is 1. The molecule has 0 rings (SSSR count). The van der Waals surface area contributed by atoms with E-state index in [9.17, 15) is 9.18 Å². The van der Waals surface area contributed by atoms with E-state index < -0.39 is 6.04 Å². The molecule has 0 atom stereocenters. The van der Waals surface area contributed by atoms with Crippen LogP contribution in [0.25, 0.3) is 0 Å². The maximum absolute atomic E-state index is 12.1. The van der Waals surface area contributed by atoms with Crippen LogP contribution in [0, 0.1) is 5.92 Å². The van der Waals surface area contributed by atoms with E-state index in [4.69, 9.17) is 0 Å². The zero-order valence-corrected chi connectivity index (χ0v) is 6.69. The van der Waals surface area contributed by atoms with Gasteiger partial charge in [0.1, 0.15) is 0 Å². The Labute approximate surface area is 61.6 Å². The summed E-state index contributed by atoms with van der Waals surface area (Å²) >= 11 is 0. The first-order chi connectivity index (χ1) is 4.72. The lowest BCUT2D eigenvalue weighted by Gasteiger charge is -2.06. The molecular formula is C8H15FO. The Hall–Kier alpha value is -0.400. The SMILES string of the molecule is CCCC(CCC)C(=O)F. The summed E-state index contributed by atoms with van der Waals surface area (Å²) in [7, 11) is 0. The molecule has 0 aliphatic heterocycles. The number of rotatable bonds is 5. The van der Waals surface area contributed by atoms with Crippen LogP contribution >= 0.6 is 0 Å². The van der Waals surface area contributed by atoms with Crippen LogP contribution in [0.5, 0.6) is 0 Å². The lowest BCUT2D eigenvalue weighted by atomic mass is 9.99. The van der Waals surface area contributed by atoms with Gasteiger partial charge in [-0.3, -0.25) is 4.79 Å². The Morgan fingerprint density at radius 2 is 1.70 bits per heavy atom. The van der Waals surface area contributed by atoms with Crippen LogP contribution in [-0.2, 0) is 4.79 Å². The van der Waals surface area contributed by atoms with E-state index in [1.807, 2.05) is 13.8 Å². The van der Waals surface area contributed by atoms with Gasteiger partial charge in [-0.15, -0.1) is 0 Å². The highest BCUT2D eigenvalue weighted by Gasteiger charge is 2.14. The lowest BCUT2D eigenvalue weighted by molar-refractivity contribution is -0.134. The molecule has 0 aromatic carbocycles. The van der Waals surface area contributed by atoms with Crippen molar-refractivity contribution in [3.8, 4) is 0 Å². The first-order valence-corrected chi connectivity index (χ1v) is 3.91. The van der Waals surface area contributed by atoms with Crippen LogP contribution in [-0.4, -0.2) is 6.04 Å². The van der Waals surface area contributed by atoms with Crippen molar-refractivity contribution < 1.29 is 9.18 Å². The molecule has 0 aliphatic rings. The molecule has 2 heteroatoms. The molecule has 0 saturated heterocycles. The summed E-state index contributed by atoms with van der Waals surface area (Å²) in [6, 6.07) is -1.14. The number of halogens is 1. The van der Waals surface area contributed by atoms with Gasteiger partial charge in [0.2, 0.25) is 0 Å². The maximum Gasteiger partial charge on any atom is 0.304 e. The predicted molar refractivity (Wildman–Crippen MR) is 39.4 cm³/mol. The van der Waals surface area contributed by atoms with Gasteiger partial charge in [0.05, 0.1) is 0 Å². The van der Waals surface area contributed by atoms with Crippen LogP contribution in [0.15, 0.2) is 0 Å². The fourth-order valence-electron chi connectivity index (χ4n) is 1.07. The molecule has 60 valence electrons. The summed E-state index contributed by atoms with van der Waals surface area (Å²) in [5.74, 6) is -0.324. The van der Waals surface area contributed by atoms with Gasteiger partial charge < -0.3 is 0 Å². The quantitative estimate of drug-likeness (QED) is 0.545. The van der Waals surface area contributed by atoms with Gasteiger partial charge in [-0.05, 0) is 12.8 Å². The molecule has 0 amide bonds. The van der Waals surface area contributed by atoms with Gasteiger partial charge in [0, 0.05) is 5.92 Å². The molecule has 0 unspecified atom stereocenters. The Morgan fingerprint density at radius 1 is 1.30 bits per heavy atom. The van der Waals surface area contributed by atoms with Crippen molar-refractivity contribution in [2.24, 2.45) is 5.92 Å². The molecule has 0 heterocycles. The standard InChI is InChI=1S/C8H15FO/c1-3-5-7(6-4-2)8(9)10/h7H,3-6H2,1-2H3. The van der Waals surface area contributed by atoms with Gasteiger partial charge in [-0.2, -0.15) is 4.39 Å². The monoisotopic (exact) mass is 146 g/mol. The summed E-state index contributed by atoms with van der Waals surface area (Å²) in [6.45, 7) is 3.93. The van der Waals surface area contributed by atoms with Gasteiger partial charge in [-0.25, -0.2) is 0 Å². The zero-order valence-electron chi connectivity index (χ0n) is 6.69. The maximum atomic E-state index is 12.1. The second kappa shape index (κ2) is 5.39. The van der Waals surface area contributed by atoms with Crippen LogP contribution in [0.4, 0.5) is 4.39 Å². The third-order valence-corrected chi connectivity index (χ3v) is 1.60. The molecule has 0 saturated carbocycles. The summed E-state index contributed by atoms with van der Waals surface area (Å²) in [5.41, 5.74) is 0. The minimum Gasteiger partial charge on any atom is -0.261 e. The van der Waals surface area contributed by atoms with Crippen LogP contribution in [0.2, 0.25) is 0 Å². The third-order valence-electron chi connectivity index (χ3n) is 1.60. The zero-order chi connectivity index (χ0) is 7.98. The van der Waals surface area contributed by atoms with Crippen molar-refractivity contribution >= 4 is 6.04 Å². The van der Waals surface area contributed by atoms with Crippen molar-refractivity contribution in [1.82, 2.24) is 0 Å². The highest BCUT2D eigenvalue weighted by Crippen LogP contribution is 2.14. The summed E-state index contributed by atoms with van der Waals surface area (Å²) in [5, 5.41) is 0. The lowest BCUT2D eigenvalue weighted by Crippen LogP contribution is -2.08. The number of hydrogen-bond donors (Lipinski definition) is 0. The Balaban J connectivity index is 3.61. The number of carbonyl (C=O) groups excluding carboxylic acids is 1. The molecule has 10 heavy (non-hydrogen) atoms. The topological polar surface area (TPSA) is 17.1 Å². The van der Waals surface area contributed by atoms with Crippen LogP contribution in [0.1, 0.15) is 39.5 Å². The average molecular weight is 146 g/mol. The molecule has 0 spiro atoms. The highest BCUT2D eigenvalue weighted by molar-refractivity contribution is 5.70. The summed E-state index contributed by atoms with van der Waals surface area (Å²) in [6.07, 6.45) is 3.17. The van der Waals surface area contributed by atoms with Crippen molar-refractivity contribution in [2.75, 3.05) is 0 Å². The van der Waals surface area contributed by atoms with E-state index in [2.05, 4.69) is 0 Å². The Morgan fingerprint density at radius 3 is 1.90 bits per heavy atom. The van der Waals surface area contributed by atoms with Crippen molar-refractivity contribution in [2.45, 2.75) is 39.5 Å². The predicted octanol–water partition coefficient (Wildman–Crippen LogP) is 2.70. The third kappa shape index (κ3) is 3.59. The minimum atomic E-state index is -1.14. The normalized spacial score (nSPS) is 10.4. The van der Waals surface area contributed by atoms with Gasteiger partial charge in [0.15, 0.2) is 0 Å². The van der Waals surface area contributed by atoms with Gasteiger partial charge in [0.25, 0.3) is 0 Å². The van der Waals surface area contributed by atoms with Crippen LogP contribution in [0.3, 0.4) is 0 Å². The van der Waals surface area contributed by atoms with Crippen molar-refractivity contribution in [1.29, 1.82) is 0 Å². The van der Waals surface area contributed by atoms with E-state index in [0.29, 0.717) is 12.8 Å². The molecule has 0 aromatic heterocycles. The first kappa shape index (κ1) is 9.60. The van der Waals surface area contributed by atoms with Crippen LogP contribution < -0.4 is 0 Å². The second-order valence-corrected chi connectivity index (χ2v) is 2.58. The smallest absolute Gasteiger partial charge is 0.261 e. The van der Waals surface area contributed by atoms with E-state index >= 15 is 0 Å². The first-order valence-electron chi connectivity index (χ1n) is 3.91. The second-order valence-electron chi connectivity index (χ2n) is 2.58. The average Bonchev–Trinajstić information content (AvgIpc) is 1.87. The molecule has 0 fully saturated rings. The molecule has 0 aliphatic carbocycles. The molecule has 0 bridgehead atoms. The largest absolute Gasteiger partial charge is 0.304 e. The fourth-order valence-corrected chi connectivity index (χ4v) is 1.07. The number of hydrogen-bond acceptors (Lipinski definition) is 1. The Kier molecular flexibility index (Phi) is 5.17. The Bertz CT molecular complexity index is 95.4. The molecule has 1 nitrogen and oxygen atoms in total.